The van der Waals surface area contributed by atoms with E-state index in [1.54, 1.807) is 0 Å². The molecule has 80 valence electrons. The van der Waals surface area contributed by atoms with Crippen molar-refractivity contribution in [2.24, 2.45) is 0 Å². The zero-order valence-electron chi connectivity index (χ0n) is 8.58. The van der Waals surface area contributed by atoms with Crippen molar-refractivity contribution in [1.82, 2.24) is 19.9 Å². The largest absolute Gasteiger partial charge is 0.366 e. The number of H-pyrrole nitrogens is 1. The number of hydrogen-bond acceptors (Lipinski definition) is 4. The molecule has 0 aliphatic rings. The number of aromatic nitrogens is 4. The van der Waals surface area contributed by atoms with E-state index in [1.807, 2.05) is 13.8 Å². The maximum atomic E-state index is 13.0. The van der Waals surface area contributed by atoms with Crippen LogP contribution in [0.2, 0.25) is 0 Å². The minimum atomic E-state index is -0.752. The van der Waals surface area contributed by atoms with E-state index in [1.165, 1.54) is 6.33 Å². The summed E-state index contributed by atoms with van der Waals surface area (Å²) < 4.78 is 13.0. The lowest BCUT2D eigenvalue weighted by Crippen LogP contribution is -2.15. The Labute approximate surface area is 86.2 Å². The molecule has 0 bridgehead atoms. The number of halogens is 1. The van der Waals surface area contributed by atoms with Gasteiger partial charge in [0.15, 0.2) is 11.5 Å². The number of hydrogen-bond donors (Lipinski definition) is 2. The first-order valence-corrected chi connectivity index (χ1v) is 4.84. The van der Waals surface area contributed by atoms with Crippen LogP contribution in [0.25, 0.3) is 11.2 Å². The van der Waals surface area contributed by atoms with Crippen molar-refractivity contribution in [3.05, 3.63) is 12.4 Å². The summed E-state index contributed by atoms with van der Waals surface area (Å²) >= 11 is 0. The van der Waals surface area contributed by atoms with Gasteiger partial charge in [-0.2, -0.15) is 14.4 Å². The summed E-state index contributed by atoms with van der Waals surface area (Å²) in [5, 5.41) is 3.09. The minimum absolute atomic E-state index is 0.221. The second-order valence-corrected chi connectivity index (χ2v) is 3.39. The molecule has 1 atom stereocenters. The van der Waals surface area contributed by atoms with E-state index in [4.69, 9.17) is 0 Å². The van der Waals surface area contributed by atoms with Crippen molar-refractivity contribution in [2.45, 2.75) is 26.3 Å². The van der Waals surface area contributed by atoms with Gasteiger partial charge in [-0.15, -0.1) is 0 Å². The van der Waals surface area contributed by atoms with Crippen LogP contribution in [0.15, 0.2) is 6.33 Å². The van der Waals surface area contributed by atoms with Crippen LogP contribution in [0.4, 0.5) is 10.2 Å². The molecule has 0 aromatic carbocycles. The van der Waals surface area contributed by atoms with Gasteiger partial charge in [-0.3, -0.25) is 0 Å². The van der Waals surface area contributed by atoms with Crippen LogP contribution >= 0.6 is 0 Å². The molecule has 0 saturated carbocycles. The quantitative estimate of drug-likeness (QED) is 0.755. The number of rotatable bonds is 3. The summed E-state index contributed by atoms with van der Waals surface area (Å²) in [5.41, 5.74) is 0.977. The fourth-order valence-electron chi connectivity index (χ4n) is 1.24. The summed E-state index contributed by atoms with van der Waals surface area (Å²) in [6.45, 7) is 4.04. The number of nitrogens with zero attached hydrogens (tertiary/aromatic N) is 3. The number of nitrogens with one attached hydrogen (secondary N) is 2. The minimum Gasteiger partial charge on any atom is -0.366 e. The van der Waals surface area contributed by atoms with Crippen LogP contribution in [0, 0.1) is 6.08 Å². The summed E-state index contributed by atoms with van der Waals surface area (Å²) in [5.74, 6) is 0.438. The normalized spacial score (nSPS) is 13.0. The molecule has 2 aromatic rings. The Morgan fingerprint density at radius 3 is 3.07 bits per heavy atom. The molecule has 0 aliphatic heterocycles. The second-order valence-electron chi connectivity index (χ2n) is 3.39. The zero-order chi connectivity index (χ0) is 10.8. The Morgan fingerprint density at radius 2 is 2.33 bits per heavy atom. The third kappa shape index (κ3) is 1.88. The highest BCUT2D eigenvalue weighted by molar-refractivity contribution is 5.82. The Balaban J connectivity index is 2.44. The van der Waals surface area contributed by atoms with Gasteiger partial charge >= 0.3 is 6.08 Å². The maximum absolute atomic E-state index is 13.0. The fraction of sp³-hybridized carbons (Fsp3) is 0.444. The monoisotopic (exact) mass is 209 g/mol. The topological polar surface area (TPSA) is 66.5 Å². The molecule has 15 heavy (non-hydrogen) atoms. The lowest BCUT2D eigenvalue weighted by molar-refractivity contribution is 0.544. The molecule has 5 nitrogen and oxygen atoms in total. The number of anilines is 1. The number of fused-ring (bicyclic) bond motifs is 1. The summed E-state index contributed by atoms with van der Waals surface area (Å²) in [6.07, 6.45) is 1.65. The highest BCUT2D eigenvalue weighted by Gasteiger charge is 2.10. The van der Waals surface area contributed by atoms with Crippen LogP contribution in [0.3, 0.4) is 0 Å². The first-order chi connectivity index (χ1) is 7.20. The molecule has 0 fully saturated rings. The lowest BCUT2D eigenvalue weighted by atomic mass is 10.2. The average Bonchev–Trinajstić information content (AvgIpc) is 2.65. The van der Waals surface area contributed by atoms with E-state index in [0.717, 1.165) is 6.42 Å². The fourth-order valence-corrected chi connectivity index (χ4v) is 1.24. The lowest BCUT2D eigenvalue weighted by Gasteiger charge is -2.11. The van der Waals surface area contributed by atoms with Gasteiger partial charge in [0.1, 0.15) is 5.52 Å². The Kier molecular flexibility index (Phi) is 2.49. The van der Waals surface area contributed by atoms with Crippen molar-refractivity contribution in [3.63, 3.8) is 0 Å². The molecular weight excluding hydrogens is 197 g/mol. The van der Waals surface area contributed by atoms with Crippen molar-refractivity contribution in [2.75, 3.05) is 5.32 Å². The second kappa shape index (κ2) is 3.80. The molecule has 0 radical (unpaired) electrons. The van der Waals surface area contributed by atoms with Gasteiger partial charge in [0.05, 0.1) is 6.33 Å². The van der Waals surface area contributed by atoms with E-state index in [2.05, 4.69) is 25.3 Å². The molecule has 6 heteroatoms. The molecule has 2 rings (SSSR count). The molecule has 2 heterocycles. The highest BCUT2D eigenvalue weighted by Crippen LogP contribution is 2.17. The van der Waals surface area contributed by atoms with Gasteiger partial charge in [0.25, 0.3) is 0 Å². The van der Waals surface area contributed by atoms with Crippen LogP contribution in [-0.4, -0.2) is 26.0 Å². The van der Waals surface area contributed by atoms with Gasteiger partial charge in [0.2, 0.25) is 0 Å². The van der Waals surface area contributed by atoms with Crippen LogP contribution in [0.5, 0.6) is 0 Å². The van der Waals surface area contributed by atoms with E-state index in [9.17, 15) is 4.39 Å². The maximum Gasteiger partial charge on any atom is 0.312 e. The predicted octanol–water partition coefficient (Wildman–Crippen LogP) is 1.70. The van der Waals surface area contributed by atoms with Crippen LogP contribution in [-0.2, 0) is 0 Å². The molecule has 0 amide bonds. The summed E-state index contributed by atoms with van der Waals surface area (Å²) in [7, 11) is 0. The third-order valence-electron chi connectivity index (χ3n) is 2.25. The predicted molar refractivity (Wildman–Crippen MR) is 55.0 cm³/mol. The first kappa shape index (κ1) is 9.82. The van der Waals surface area contributed by atoms with Gasteiger partial charge in [-0.25, -0.2) is 4.98 Å². The van der Waals surface area contributed by atoms with Gasteiger partial charge in [0, 0.05) is 6.04 Å². The van der Waals surface area contributed by atoms with Crippen LogP contribution in [0.1, 0.15) is 20.3 Å². The first-order valence-electron chi connectivity index (χ1n) is 4.84. The Bertz CT molecular complexity index is 466. The number of imidazole rings is 1. The van der Waals surface area contributed by atoms with E-state index < -0.39 is 6.08 Å². The van der Waals surface area contributed by atoms with Gasteiger partial charge in [-0.05, 0) is 13.3 Å². The average molecular weight is 209 g/mol. The van der Waals surface area contributed by atoms with Crippen molar-refractivity contribution in [3.8, 4) is 0 Å². The van der Waals surface area contributed by atoms with E-state index in [0.29, 0.717) is 17.0 Å². The molecule has 0 aliphatic carbocycles. The van der Waals surface area contributed by atoms with Crippen molar-refractivity contribution < 1.29 is 4.39 Å². The van der Waals surface area contributed by atoms with Crippen LogP contribution < -0.4 is 5.32 Å². The Morgan fingerprint density at radius 1 is 1.53 bits per heavy atom. The SMILES string of the molecule is CCC(C)Nc1nc(F)nc2[nH]cnc12. The van der Waals surface area contributed by atoms with Crippen molar-refractivity contribution in [1.29, 1.82) is 0 Å². The molecule has 2 aromatic heterocycles. The smallest absolute Gasteiger partial charge is 0.312 e. The standard InChI is InChI=1S/C9H12FN5/c1-3-5(2)13-8-6-7(12-4-11-6)14-9(10)15-8/h4-5H,3H2,1-2H3,(H2,11,12,13,14,15). The van der Waals surface area contributed by atoms with E-state index >= 15 is 0 Å². The van der Waals surface area contributed by atoms with Gasteiger partial charge in [-0.1, -0.05) is 6.92 Å². The molecule has 0 saturated heterocycles. The molecule has 1 unspecified atom stereocenters. The molecule has 0 spiro atoms. The number of aromatic amines is 1. The van der Waals surface area contributed by atoms with Crippen molar-refractivity contribution >= 4 is 17.0 Å². The summed E-state index contributed by atoms with van der Waals surface area (Å²) in [4.78, 5) is 14.1. The highest BCUT2D eigenvalue weighted by atomic mass is 19.1. The zero-order valence-corrected chi connectivity index (χ0v) is 8.58. The third-order valence-corrected chi connectivity index (χ3v) is 2.25. The summed E-state index contributed by atoms with van der Waals surface area (Å²) in [6, 6.07) is 0.221. The van der Waals surface area contributed by atoms with E-state index in [-0.39, 0.29) is 6.04 Å². The van der Waals surface area contributed by atoms with Gasteiger partial charge < -0.3 is 10.3 Å². The molecule has 2 N–H and O–H groups in total. The molecular formula is C9H12FN5. The Hall–Kier alpha value is -1.72.